The lowest BCUT2D eigenvalue weighted by Crippen LogP contribution is -2.43. The number of thiazole rings is 1. The van der Waals surface area contributed by atoms with E-state index in [1.807, 2.05) is 7.05 Å². The molecule has 2 heterocycles. The van der Waals surface area contributed by atoms with Gasteiger partial charge in [0.1, 0.15) is 0 Å². The molecule has 0 bridgehead atoms. The molecule has 0 saturated carbocycles. The van der Waals surface area contributed by atoms with Crippen molar-refractivity contribution in [3.8, 4) is 0 Å². The Hall–Kier alpha value is -1.15. The van der Waals surface area contributed by atoms with Crippen molar-refractivity contribution in [1.29, 1.82) is 0 Å². The van der Waals surface area contributed by atoms with Crippen LogP contribution < -0.4 is 5.32 Å². The number of aromatic nitrogens is 1. The van der Waals surface area contributed by atoms with Crippen LogP contribution >= 0.6 is 35.3 Å². The monoisotopic (exact) mass is 442 g/mol. The Morgan fingerprint density at radius 2 is 2.04 bits per heavy atom. The topological polar surface area (TPSA) is 40.5 Å². The smallest absolute Gasteiger partial charge is 0.194 e. The molecule has 1 aromatic carbocycles. The highest BCUT2D eigenvalue weighted by Crippen LogP contribution is 2.19. The molecule has 0 spiro atoms. The van der Waals surface area contributed by atoms with Gasteiger partial charge in [0.15, 0.2) is 5.96 Å². The largest absolute Gasteiger partial charge is 0.351 e. The zero-order valence-corrected chi connectivity index (χ0v) is 16.9. The number of hydrogen-bond acceptors (Lipinski definition) is 3. The summed E-state index contributed by atoms with van der Waals surface area (Å²) >= 11 is 1.75. The van der Waals surface area contributed by atoms with Gasteiger partial charge in [-0.3, -0.25) is 4.99 Å². The molecule has 23 heavy (non-hydrogen) atoms. The molecular weight excluding hydrogens is 419 g/mol. The van der Waals surface area contributed by atoms with Gasteiger partial charge in [-0.25, -0.2) is 4.98 Å². The summed E-state index contributed by atoms with van der Waals surface area (Å²) in [6, 6.07) is 8.68. The summed E-state index contributed by atoms with van der Waals surface area (Å²) in [5.41, 5.74) is 3.99. The molecule has 0 atom stereocenters. The minimum atomic E-state index is 0. The van der Waals surface area contributed by atoms with Gasteiger partial charge in [0.25, 0.3) is 0 Å². The number of fused-ring (bicyclic) bond motifs is 1. The van der Waals surface area contributed by atoms with Gasteiger partial charge in [0.2, 0.25) is 0 Å². The number of nitrogens with one attached hydrogen (secondary N) is 1. The minimum Gasteiger partial charge on any atom is -0.351 e. The second-order valence-electron chi connectivity index (χ2n) is 5.58. The Labute approximate surface area is 159 Å². The number of benzene rings is 1. The Balaban J connectivity index is 0.00000192. The highest BCUT2D eigenvalue weighted by Gasteiger charge is 2.18. The quantitative estimate of drug-likeness (QED) is 0.440. The summed E-state index contributed by atoms with van der Waals surface area (Å²) in [4.78, 5) is 12.5. The predicted octanol–water partition coefficient (Wildman–Crippen LogP) is 3.51. The van der Waals surface area contributed by atoms with Gasteiger partial charge in [-0.1, -0.05) is 24.3 Å². The maximum atomic E-state index is 4.48. The van der Waals surface area contributed by atoms with E-state index < -0.39 is 0 Å². The lowest BCUT2D eigenvalue weighted by atomic mass is 10.0. The van der Waals surface area contributed by atoms with Crippen molar-refractivity contribution in [3.63, 3.8) is 0 Å². The first-order valence-electron chi connectivity index (χ1n) is 7.62. The lowest BCUT2D eigenvalue weighted by Gasteiger charge is -2.31. The van der Waals surface area contributed by atoms with E-state index in [4.69, 9.17) is 0 Å². The minimum absolute atomic E-state index is 0. The Bertz CT molecular complexity index is 696. The van der Waals surface area contributed by atoms with Gasteiger partial charge < -0.3 is 10.2 Å². The van der Waals surface area contributed by atoms with Crippen molar-refractivity contribution in [2.45, 2.75) is 33.4 Å². The van der Waals surface area contributed by atoms with Crippen LogP contribution in [-0.4, -0.2) is 29.4 Å². The highest BCUT2D eigenvalue weighted by atomic mass is 127. The number of aryl methyl sites for hydroxylation is 2. The van der Waals surface area contributed by atoms with Crippen LogP contribution in [-0.2, 0) is 19.5 Å². The molecular formula is C17H23IN4S. The molecule has 3 rings (SSSR count). The molecule has 1 N–H and O–H groups in total. The van der Waals surface area contributed by atoms with E-state index in [2.05, 4.69) is 58.3 Å². The van der Waals surface area contributed by atoms with Crippen molar-refractivity contribution in [2.24, 2.45) is 4.99 Å². The number of hydrogen-bond donors (Lipinski definition) is 1. The number of aliphatic imine (C=N–C) groups is 1. The third-order valence-corrected chi connectivity index (χ3v) is 5.12. The summed E-state index contributed by atoms with van der Waals surface area (Å²) in [6.07, 6.45) is 1.08. The van der Waals surface area contributed by atoms with Crippen LogP contribution in [0, 0.1) is 13.8 Å². The first-order valence-corrected chi connectivity index (χ1v) is 8.44. The molecule has 0 saturated heterocycles. The number of nitrogens with zero attached hydrogens (tertiary/aromatic N) is 3. The van der Waals surface area contributed by atoms with Crippen molar-refractivity contribution >= 4 is 41.3 Å². The molecule has 0 fully saturated rings. The third-order valence-electron chi connectivity index (χ3n) is 4.05. The molecule has 124 valence electrons. The fourth-order valence-electron chi connectivity index (χ4n) is 2.91. The average molecular weight is 442 g/mol. The zero-order valence-electron chi connectivity index (χ0n) is 13.8. The Morgan fingerprint density at radius 1 is 1.30 bits per heavy atom. The van der Waals surface area contributed by atoms with Gasteiger partial charge in [-0.05, 0) is 31.4 Å². The zero-order chi connectivity index (χ0) is 15.5. The van der Waals surface area contributed by atoms with E-state index in [-0.39, 0.29) is 24.0 Å². The van der Waals surface area contributed by atoms with Gasteiger partial charge in [-0.15, -0.1) is 35.3 Å². The molecule has 0 aliphatic carbocycles. The molecule has 0 unspecified atom stereocenters. The molecule has 6 heteroatoms. The maximum Gasteiger partial charge on any atom is 0.194 e. The summed E-state index contributed by atoms with van der Waals surface area (Å²) in [5, 5.41) is 4.61. The lowest BCUT2D eigenvalue weighted by molar-refractivity contribution is 0.378. The van der Waals surface area contributed by atoms with Crippen LogP contribution in [0.4, 0.5) is 0 Å². The number of halogens is 1. The van der Waals surface area contributed by atoms with Crippen molar-refractivity contribution < 1.29 is 0 Å². The maximum absolute atomic E-state index is 4.48. The van der Waals surface area contributed by atoms with Crippen molar-refractivity contribution in [3.05, 3.63) is 51.0 Å². The summed E-state index contributed by atoms with van der Waals surface area (Å²) < 4.78 is 0. The Kier molecular flexibility index (Phi) is 6.41. The van der Waals surface area contributed by atoms with Crippen LogP contribution in [0.15, 0.2) is 29.3 Å². The van der Waals surface area contributed by atoms with E-state index >= 15 is 0 Å². The number of guanidine groups is 1. The molecule has 2 aromatic rings. The van der Waals surface area contributed by atoms with Crippen molar-refractivity contribution in [2.75, 3.05) is 13.6 Å². The first-order chi connectivity index (χ1) is 10.7. The van der Waals surface area contributed by atoms with Gasteiger partial charge in [0.05, 0.1) is 17.2 Å². The molecule has 1 aliphatic heterocycles. The van der Waals surface area contributed by atoms with Gasteiger partial charge in [0, 0.05) is 25.0 Å². The van der Waals surface area contributed by atoms with Crippen LogP contribution in [0.5, 0.6) is 0 Å². The van der Waals surface area contributed by atoms with Crippen molar-refractivity contribution in [1.82, 2.24) is 15.2 Å². The average Bonchev–Trinajstić information content (AvgIpc) is 2.85. The van der Waals surface area contributed by atoms with Crippen LogP contribution in [0.25, 0.3) is 0 Å². The Morgan fingerprint density at radius 3 is 2.70 bits per heavy atom. The van der Waals surface area contributed by atoms with Gasteiger partial charge >= 0.3 is 0 Å². The molecule has 1 aliphatic rings. The second-order valence-corrected chi connectivity index (χ2v) is 6.87. The molecule has 1 aromatic heterocycles. The first kappa shape index (κ1) is 18.2. The third kappa shape index (κ3) is 4.23. The van der Waals surface area contributed by atoms with E-state index in [1.54, 1.807) is 11.3 Å². The van der Waals surface area contributed by atoms with Gasteiger partial charge in [-0.2, -0.15) is 0 Å². The van der Waals surface area contributed by atoms with E-state index in [9.17, 15) is 0 Å². The second kappa shape index (κ2) is 8.10. The van der Waals surface area contributed by atoms with E-state index in [1.165, 1.54) is 16.0 Å². The number of rotatable bonds is 2. The normalized spacial score (nSPS) is 14.2. The fraction of sp³-hybridized carbons (Fsp3) is 0.412. The SMILES string of the molecule is CN=C(NCc1sc(C)nc1C)N1CCc2ccccc2C1.I. The summed E-state index contributed by atoms with van der Waals surface area (Å²) in [5.74, 6) is 0.972. The van der Waals surface area contributed by atoms with Crippen LogP contribution in [0.3, 0.4) is 0 Å². The molecule has 0 amide bonds. The van der Waals surface area contributed by atoms with E-state index in [0.717, 1.165) is 42.7 Å². The van der Waals surface area contributed by atoms with Crippen LogP contribution in [0.1, 0.15) is 26.7 Å². The van der Waals surface area contributed by atoms with Crippen LogP contribution in [0.2, 0.25) is 0 Å². The van der Waals surface area contributed by atoms with E-state index in [0.29, 0.717) is 0 Å². The fourth-order valence-corrected chi connectivity index (χ4v) is 3.78. The standard InChI is InChI=1S/C17H22N4S.HI/c1-12-16(22-13(2)20-12)10-19-17(18-3)21-9-8-14-6-4-5-7-15(14)11-21;/h4-7H,8-11H2,1-3H3,(H,18,19);1H. The molecule has 0 radical (unpaired) electrons. The molecule has 4 nitrogen and oxygen atoms in total. The summed E-state index contributed by atoms with van der Waals surface area (Å²) in [6.45, 7) is 6.86. The summed E-state index contributed by atoms with van der Waals surface area (Å²) in [7, 11) is 1.85. The predicted molar refractivity (Wildman–Crippen MR) is 108 cm³/mol. The highest BCUT2D eigenvalue weighted by molar-refractivity contribution is 14.0.